The van der Waals surface area contributed by atoms with E-state index < -0.39 is 0 Å². The molecule has 5 rings (SSSR count). The molecule has 1 amide bonds. The third-order valence-corrected chi connectivity index (χ3v) is 5.16. The highest BCUT2D eigenvalue weighted by Crippen LogP contribution is 2.36. The highest BCUT2D eigenvalue weighted by Gasteiger charge is 2.25. The van der Waals surface area contributed by atoms with Crippen LogP contribution in [0, 0.1) is 0 Å². The van der Waals surface area contributed by atoms with Crippen LogP contribution in [0.5, 0.6) is 17.2 Å². The van der Waals surface area contributed by atoms with Crippen molar-refractivity contribution in [2.24, 2.45) is 0 Å². The normalized spacial score (nSPS) is 17.6. The Labute approximate surface area is 156 Å². The molecule has 6 heteroatoms. The first kappa shape index (κ1) is 16.1. The highest BCUT2D eigenvalue weighted by atomic mass is 16.7. The topological polar surface area (TPSA) is 72.6 Å². The fourth-order valence-corrected chi connectivity index (χ4v) is 3.91. The van der Waals surface area contributed by atoms with Crippen LogP contribution in [0.15, 0.2) is 42.5 Å². The van der Waals surface area contributed by atoms with Crippen LogP contribution in [-0.4, -0.2) is 24.3 Å². The molecule has 0 saturated carbocycles. The largest absolute Gasteiger partial charge is 0.484 e. The molecule has 1 atom stereocenters. The van der Waals surface area contributed by atoms with Gasteiger partial charge in [-0.15, -0.1) is 0 Å². The van der Waals surface area contributed by atoms with Crippen LogP contribution in [-0.2, 0) is 11.2 Å². The van der Waals surface area contributed by atoms with Crippen LogP contribution >= 0.6 is 0 Å². The summed E-state index contributed by atoms with van der Waals surface area (Å²) < 4.78 is 16.2. The Hall–Kier alpha value is -3.15. The van der Waals surface area contributed by atoms with Gasteiger partial charge >= 0.3 is 0 Å². The van der Waals surface area contributed by atoms with Gasteiger partial charge in [-0.2, -0.15) is 0 Å². The summed E-state index contributed by atoms with van der Waals surface area (Å²) in [7, 11) is 0. The number of carbonyl (C=O) groups excluding carboxylic acids is 1. The van der Waals surface area contributed by atoms with Gasteiger partial charge in [0.2, 0.25) is 6.79 Å². The molecule has 2 N–H and O–H groups in total. The zero-order chi connectivity index (χ0) is 18.2. The molecule has 0 radical (unpaired) electrons. The minimum atomic E-state index is -0.135. The lowest BCUT2D eigenvalue weighted by molar-refractivity contribution is -0.124. The first-order valence-corrected chi connectivity index (χ1v) is 9.19. The van der Waals surface area contributed by atoms with Crippen molar-refractivity contribution in [1.29, 1.82) is 0 Å². The van der Waals surface area contributed by atoms with E-state index in [4.69, 9.17) is 14.2 Å². The van der Waals surface area contributed by atoms with Crippen LogP contribution in [0.25, 0.3) is 10.9 Å². The van der Waals surface area contributed by atoms with Crippen molar-refractivity contribution in [2.45, 2.75) is 25.3 Å². The molecule has 1 aliphatic heterocycles. The monoisotopic (exact) mass is 364 g/mol. The first-order valence-electron chi connectivity index (χ1n) is 9.19. The first-order chi connectivity index (χ1) is 13.3. The second kappa shape index (κ2) is 6.54. The molecule has 2 aromatic carbocycles. The van der Waals surface area contributed by atoms with Crippen molar-refractivity contribution in [1.82, 2.24) is 10.3 Å². The van der Waals surface area contributed by atoms with Crippen LogP contribution in [0.1, 0.15) is 30.1 Å². The Morgan fingerprint density at radius 2 is 2.07 bits per heavy atom. The zero-order valence-corrected chi connectivity index (χ0v) is 14.8. The fraction of sp³-hybridized carbons (Fsp3) is 0.286. The van der Waals surface area contributed by atoms with Crippen molar-refractivity contribution in [3.05, 3.63) is 53.7 Å². The molecule has 2 heterocycles. The van der Waals surface area contributed by atoms with Crippen molar-refractivity contribution in [3.63, 3.8) is 0 Å². The third kappa shape index (κ3) is 2.97. The number of H-pyrrole nitrogens is 1. The summed E-state index contributed by atoms with van der Waals surface area (Å²) in [4.78, 5) is 15.9. The van der Waals surface area contributed by atoms with Gasteiger partial charge in [0.15, 0.2) is 18.1 Å². The molecule has 6 nitrogen and oxygen atoms in total. The number of amides is 1. The summed E-state index contributed by atoms with van der Waals surface area (Å²) in [5, 5.41) is 4.36. The van der Waals surface area contributed by atoms with E-state index >= 15 is 0 Å². The van der Waals surface area contributed by atoms with E-state index in [0.717, 1.165) is 30.5 Å². The molecule has 0 spiro atoms. The average Bonchev–Trinajstić information content (AvgIpc) is 3.31. The van der Waals surface area contributed by atoms with Gasteiger partial charge in [0, 0.05) is 22.7 Å². The van der Waals surface area contributed by atoms with Crippen LogP contribution in [0.2, 0.25) is 0 Å². The number of rotatable bonds is 4. The van der Waals surface area contributed by atoms with Gasteiger partial charge in [0.1, 0.15) is 5.75 Å². The second-order valence-corrected chi connectivity index (χ2v) is 6.88. The Morgan fingerprint density at radius 3 is 3.04 bits per heavy atom. The molecular weight excluding hydrogens is 344 g/mol. The van der Waals surface area contributed by atoms with E-state index in [9.17, 15) is 4.79 Å². The number of ether oxygens (including phenoxy) is 3. The number of hydrogen-bond donors (Lipinski definition) is 2. The lowest BCUT2D eigenvalue weighted by Crippen LogP contribution is -2.34. The van der Waals surface area contributed by atoms with Crippen molar-refractivity contribution in [2.75, 3.05) is 13.4 Å². The van der Waals surface area contributed by atoms with Gasteiger partial charge in [-0.05, 0) is 43.0 Å². The van der Waals surface area contributed by atoms with E-state index in [0.29, 0.717) is 17.2 Å². The molecule has 0 saturated heterocycles. The number of benzene rings is 2. The zero-order valence-electron chi connectivity index (χ0n) is 14.8. The average molecular weight is 364 g/mol. The number of carbonyl (C=O) groups is 1. The molecule has 0 unspecified atom stereocenters. The van der Waals surface area contributed by atoms with E-state index in [-0.39, 0.29) is 25.3 Å². The third-order valence-electron chi connectivity index (χ3n) is 5.16. The number of hydrogen-bond acceptors (Lipinski definition) is 4. The minimum absolute atomic E-state index is 0.00555. The van der Waals surface area contributed by atoms with Gasteiger partial charge in [0.05, 0.1) is 6.04 Å². The maximum absolute atomic E-state index is 12.4. The maximum Gasteiger partial charge on any atom is 0.258 e. The molecule has 138 valence electrons. The standard InChI is InChI=1S/C21H20N2O4/c24-20(11-25-13-8-9-18-19(10-13)27-12-26-18)22-17-7-3-5-15-14-4-1-2-6-16(14)23-21(15)17/h1-2,4,6,8-10,17,23H,3,5,7,11-12H2,(H,22,24)/t17-/m1/s1. The molecule has 27 heavy (non-hydrogen) atoms. The number of aromatic nitrogens is 1. The van der Waals surface area contributed by atoms with E-state index in [2.05, 4.69) is 28.5 Å². The quantitative estimate of drug-likeness (QED) is 0.744. The summed E-state index contributed by atoms with van der Waals surface area (Å²) in [5.41, 5.74) is 3.57. The molecular formula is C21H20N2O4. The summed E-state index contributed by atoms with van der Waals surface area (Å²) in [5.74, 6) is 1.79. The molecule has 1 aromatic heterocycles. The second-order valence-electron chi connectivity index (χ2n) is 6.88. The van der Waals surface area contributed by atoms with Gasteiger partial charge in [-0.3, -0.25) is 4.79 Å². The predicted octanol–water partition coefficient (Wildman–Crippen LogP) is 3.47. The van der Waals surface area contributed by atoms with E-state index in [1.54, 1.807) is 18.2 Å². The number of para-hydroxylation sites is 1. The summed E-state index contributed by atoms with van der Waals surface area (Å²) in [6.45, 7) is 0.180. The number of aryl methyl sites for hydroxylation is 1. The van der Waals surface area contributed by atoms with Crippen LogP contribution in [0.4, 0.5) is 0 Å². The fourth-order valence-electron chi connectivity index (χ4n) is 3.91. The Morgan fingerprint density at radius 1 is 1.19 bits per heavy atom. The van der Waals surface area contributed by atoms with E-state index in [1.807, 2.05) is 6.07 Å². The molecule has 2 aliphatic rings. The molecule has 0 bridgehead atoms. The lowest BCUT2D eigenvalue weighted by atomic mass is 9.91. The molecule has 0 fully saturated rings. The van der Waals surface area contributed by atoms with E-state index in [1.165, 1.54) is 10.9 Å². The number of fused-ring (bicyclic) bond motifs is 4. The minimum Gasteiger partial charge on any atom is -0.484 e. The van der Waals surface area contributed by atoms with Crippen LogP contribution < -0.4 is 19.5 Å². The highest BCUT2D eigenvalue weighted by molar-refractivity contribution is 5.85. The maximum atomic E-state index is 12.4. The smallest absolute Gasteiger partial charge is 0.258 e. The Balaban J connectivity index is 1.27. The van der Waals surface area contributed by atoms with Crippen molar-refractivity contribution >= 4 is 16.8 Å². The van der Waals surface area contributed by atoms with Crippen molar-refractivity contribution < 1.29 is 19.0 Å². The van der Waals surface area contributed by atoms with Gasteiger partial charge < -0.3 is 24.5 Å². The lowest BCUT2D eigenvalue weighted by Gasteiger charge is -2.23. The molecule has 3 aromatic rings. The van der Waals surface area contributed by atoms with Crippen LogP contribution in [0.3, 0.4) is 0 Å². The summed E-state index contributed by atoms with van der Waals surface area (Å²) >= 11 is 0. The Bertz CT molecular complexity index is 1010. The van der Waals surface area contributed by atoms with Gasteiger partial charge in [-0.1, -0.05) is 18.2 Å². The van der Waals surface area contributed by atoms with Gasteiger partial charge in [0.25, 0.3) is 5.91 Å². The molecule has 1 aliphatic carbocycles. The number of aromatic amines is 1. The van der Waals surface area contributed by atoms with Crippen molar-refractivity contribution in [3.8, 4) is 17.2 Å². The number of nitrogens with one attached hydrogen (secondary N) is 2. The predicted molar refractivity (Wildman–Crippen MR) is 100 cm³/mol. The Kier molecular flexibility index (Phi) is 3.89. The summed E-state index contributed by atoms with van der Waals surface area (Å²) in [6, 6.07) is 13.6. The van der Waals surface area contributed by atoms with Gasteiger partial charge in [-0.25, -0.2) is 0 Å². The SMILES string of the molecule is O=C(COc1ccc2c(c1)OCO2)N[C@@H]1CCCc2c1[nH]c1ccccc21. The summed E-state index contributed by atoms with van der Waals surface area (Å²) in [6.07, 6.45) is 3.03.